The predicted octanol–water partition coefficient (Wildman–Crippen LogP) is 12.9. The van der Waals surface area contributed by atoms with Crippen LogP contribution in [0, 0.1) is 20.8 Å². The molecule has 0 bridgehead atoms. The topological polar surface area (TPSA) is 53.6 Å². The number of rotatable bonds is 4. The van der Waals surface area contributed by atoms with Gasteiger partial charge in [0.05, 0.1) is 0 Å². The molecule has 0 fully saturated rings. The van der Waals surface area contributed by atoms with Crippen LogP contribution in [-0.4, -0.2) is 10.2 Å². The Hall–Kier alpha value is -6.32. The standard InChI is InChI=1S/C48H36O3/c1-28-29(2)47(49)48(50)30(3)42(28)45-37-18-12-10-16-35(37)43(36-17-11-13-19-38(36)45)33-24-22-31(23-25-33)34-26-27-41-46(44(34)32-14-6-4-7-15-32)39-20-8-5-9-21-40(39)51-41/h4-20,22-27,49-50H,21H2,1-3H3. The summed E-state index contributed by atoms with van der Waals surface area (Å²) >= 11 is 0. The fraction of sp³-hybridized carbons (Fsp3) is 0.0833. The number of hydrogen-bond donors (Lipinski definition) is 2. The van der Waals surface area contributed by atoms with Gasteiger partial charge < -0.3 is 14.6 Å². The molecule has 0 spiro atoms. The average molecular weight is 661 g/mol. The summed E-state index contributed by atoms with van der Waals surface area (Å²) in [6, 6.07) is 41.0. The van der Waals surface area contributed by atoms with Crippen molar-refractivity contribution in [3.63, 3.8) is 0 Å². The number of fused-ring (bicyclic) bond motifs is 5. The van der Waals surface area contributed by atoms with Crippen LogP contribution < -0.4 is 0 Å². The van der Waals surface area contributed by atoms with Crippen LogP contribution in [-0.2, 0) is 6.42 Å². The van der Waals surface area contributed by atoms with Gasteiger partial charge in [-0.05, 0) is 98.5 Å². The van der Waals surface area contributed by atoms with Crippen LogP contribution in [0.3, 0.4) is 0 Å². The number of phenolic OH excluding ortho intramolecular Hbond substituents is 2. The zero-order valence-electron chi connectivity index (χ0n) is 28.8. The molecule has 7 aromatic carbocycles. The average Bonchev–Trinajstić information content (AvgIpc) is 3.36. The smallest absolute Gasteiger partial charge is 0.161 e. The van der Waals surface area contributed by atoms with E-state index in [-0.39, 0.29) is 11.5 Å². The maximum atomic E-state index is 11.0. The molecule has 0 atom stereocenters. The Morgan fingerprint density at radius 3 is 1.73 bits per heavy atom. The molecular weight excluding hydrogens is 625 g/mol. The van der Waals surface area contributed by atoms with Crippen molar-refractivity contribution in [2.45, 2.75) is 27.2 Å². The van der Waals surface area contributed by atoms with Crippen LogP contribution in [0.25, 0.3) is 83.1 Å². The van der Waals surface area contributed by atoms with E-state index >= 15 is 0 Å². The second-order valence-electron chi connectivity index (χ2n) is 13.5. The summed E-state index contributed by atoms with van der Waals surface area (Å²) in [5.41, 5.74) is 13.3. The lowest BCUT2D eigenvalue weighted by atomic mass is 9.82. The Balaban J connectivity index is 1.27. The van der Waals surface area contributed by atoms with Crippen molar-refractivity contribution in [1.29, 1.82) is 0 Å². The first kappa shape index (κ1) is 30.7. The fourth-order valence-electron chi connectivity index (χ4n) is 8.16. The van der Waals surface area contributed by atoms with Crippen LogP contribution in [0.4, 0.5) is 0 Å². The molecule has 51 heavy (non-hydrogen) atoms. The molecule has 0 amide bonds. The molecule has 0 aliphatic heterocycles. The van der Waals surface area contributed by atoms with E-state index in [1.165, 1.54) is 11.1 Å². The summed E-state index contributed by atoms with van der Waals surface area (Å²) in [6.07, 6.45) is 9.27. The first-order valence-electron chi connectivity index (χ1n) is 17.5. The minimum absolute atomic E-state index is 0.0507. The second-order valence-corrected chi connectivity index (χ2v) is 13.5. The van der Waals surface area contributed by atoms with Crippen LogP contribution in [0.2, 0.25) is 0 Å². The highest BCUT2D eigenvalue weighted by molar-refractivity contribution is 6.22. The van der Waals surface area contributed by atoms with Crippen molar-refractivity contribution >= 4 is 38.6 Å². The van der Waals surface area contributed by atoms with E-state index in [0.717, 1.165) is 89.2 Å². The third-order valence-corrected chi connectivity index (χ3v) is 10.8. The number of aromatic hydroxyl groups is 2. The van der Waals surface area contributed by atoms with Crippen LogP contribution in [0.5, 0.6) is 11.5 Å². The van der Waals surface area contributed by atoms with Crippen LogP contribution in [0.1, 0.15) is 28.0 Å². The van der Waals surface area contributed by atoms with Gasteiger partial charge in [-0.25, -0.2) is 0 Å². The minimum atomic E-state index is -0.0619. The fourth-order valence-corrected chi connectivity index (χ4v) is 8.16. The molecule has 2 N–H and O–H groups in total. The molecule has 0 saturated carbocycles. The maximum Gasteiger partial charge on any atom is 0.161 e. The van der Waals surface area contributed by atoms with Gasteiger partial charge in [-0.2, -0.15) is 0 Å². The van der Waals surface area contributed by atoms with Gasteiger partial charge in [-0.15, -0.1) is 0 Å². The second kappa shape index (κ2) is 11.9. The van der Waals surface area contributed by atoms with Gasteiger partial charge in [0, 0.05) is 28.5 Å². The molecule has 0 radical (unpaired) electrons. The molecule has 1 heterocycles. The molecule has 0 saturated heterocycles. The van der Waals surface area contributed by atoms with E-state index in [1.807, 2.05) is 20.8 Å². The van der Waals surface area contributed by atoms with Gasteiger partial charge >= 0.3 is 0 Å². The molecule has 246 valence electrons. The van der Waals surface area contributed by atoms with Gasteiger partial charge in [0.2, 0.25) is 0 Å². The van der Waals surface area contributed by atoms with Crippen LogP contribution >= 0.6 is 0 Å². The third-order valence-electron chi connectivity index (χ3n) is 10.8. The molecule has 8 aromatic rings. The third kappa shape index (κ3) is 4.73. The molecule has 1 aromatic heterocycles. The van der Waals surface area contributed by atoms with Gasteiger partial charge in [0.25, 0.3) is 0 Å². The highest BCUT2D eigenvalue weighted by atomic mass is 16.3. The monoisotopic (exact) mass is 660 g/mol. The Kier molecular flexibility index (Phi) is 7.18. The van der Waals surface area contributed by atoms with E-state index in [2.05, 4.69) is 140 Å². The van der Waals surface area contributed by atoms with Crippen molar-refractivity contribution in [3.05, 3.63) is 162 Å². The SMILES string of the molecule is Cc1c(C)c(-c2c3ccccc3c(-c3ccc(-c4ccc5oc6c(c5c4-c4ccccc4)C=CC=CC6)cc3)c3ccccc23)c(C)c(O)c1O. The minimum Gasteiger partial charge on any atom is -0.504 e. The lowest BCUT2D eigenvalue weighted by Crippen LogP contribution is -1.97. The summed E-state index contributed by atoms with van der Waals surface area (Å²) in [5, 5.41) is 27.3. The number of phenols is 2. The zero-order valence-corrected chi connectivity index (χ0v) is 28.8. The maximum absolute atomic E-state index is 11.0. The highest BCUT2D eigenvalue weighted by Crippen LogP contribution is 2.50. The van der Waals surface area contributed by atoms with Gasteiger partial charge in [-0.1, -0.05) is 133 Å². The summed E-state index contributed by atoms with van der Waals surface area (Å²) < 4.78 is 6.43. The van der Waals surface area contributed by atoms with E-state index in [0.29, 0.717) is 11.1 Å². The van der Waals surface area contributed by atoms with Crippen molar-refractivity contribution in [1.82, 2.24) is 0 Å². The van der Waals surface area contributed by atoms with Crippen molar-refractivity contribution in [2.75, 3.05) is 0 Å². The van der Waals surface area contributed by atoms with E-state index in [1.54, 1.807) is 0 Å². The van der Waals surface area contributed by atoms with E-state index in [9.17, 15) is 10.2 Å². The first-order chi connectivity index (χ1) is 24.9. The Morgan fingerprint density at radius 1 is 0.490 bits per heavy atom. The molecular formula is C48H36O3. The Labute approximate surface area is 297 Å². The molecule has 1 aliphatic rings. The zero-order chi connectivity index (χ0) is 34.8. The van der Waals surface area contributed by atoms with Gasteiger partial charge in [0.15, 0.2) is 11.5 Å². The van der Waals surface area contributed by atoms with Crippen molar-refractivity contribution < 1.29 is 14.6 Å². The largest absolute Gasteiger partial charge is 0.504 e. The summed E-state index contributed by atoms with van der Waals surface area (Å²) in [6.45, 7) is 5.79. The quantitative estimate of drug-likeness (QED) is 0.146. The number of benzene rings is 7. The molecule has 0 unspecified atom stereocenters. The van der Waals surface area contributed by atoms with E-state index < -0.39 is 0 Å². The molecule has 3 nitrogen and oxygen atoms in total. The Bertz CT molecular complexity index is 2660. The van der Waals surface area contributed by atoms with Gasteiger partial charge in [0.1, 0.15) is 11.3 Å². The van der Waals surface area contributed by atoms with Crippen molar-refractivity contribution in [2.24, 2.45) is 0 Å². The molecule has 1 aliphatic carbocycles. The van der Waals surface area contributed by atoms with Crippen molar-refractivity contribution in [3.8, 4) is 56.0 Å². The summed E-state index contributed by atoms with van der Waals surface area (Å²) in [5.74, 6) is 0.878. The number of hydrogen-bond acceptors (Lipinski definition) is 3. The lowest BCUT2D eigenvalue weighted by Gasteiger charge is -2.22. The lowest BCUT2D eigenvalue weighted by molar-refractivity contribution is 0.398. The van der Waals surface area contributed by atoms with Crippen LogP contribution in [0.15, 0.2) is 138 Å². The Morgan fingerprint density at radius 2 is 1.06 bits per heavy atom. The molecule has 9 rings (SSSR count). The normalized spacial score (nSPS) is 12.5. The predicted molar refractivity (Wildman–Crippen MR) is 212 cm³/mol. The number of furan rings is 1. The summed E-state index contributed by atoms with van der Waals surface area (Å²) in [7, 11) is 0. The van der Waals surface area contributed by atoms with Gasteiger partial charge in [-0.3, -0.25) is 0 Å². The number of allylic oxidation sites excluding steroid dienone is 3. The first-order valence-corrected chi connectivity index (χ1v) is 17.5. The summed E-state index contributed by atoms with van der Waals surface area (Å²) in [4.78, 5) is 0. The highest BCUT2D eigenvalue weighted by Gasteiger charge is 2.24. The van der Waals surface area contributed by atoms with E-state index in [4.69, 9.17) is 4.42 Å². The molecule has 3 heteroatoms.